The highest BCUT2D eigenvalue weighted by Crippen LogP contribution is 2.13. The number of rotatable bonds is 4. The highest BCUT2D eigenvalue weighted by Gasteiger charge is 2.00. The molecule has 0 saturated heterocycles. The largest absolute Gasteiger partial charge is 0.396 e. The Morgan fingerprint density at radius 2 is 1.92 bits per heavy atom. The Hall–Kier alpha value is -0.340. The summed E-state index contributed by atoms with van der Waals surface area (Å²) in [5.74, 6) is 0.406. The molecule has 0 fully saturated rings. The standard InChI is InChI=1S/C11H15BrO/c1-9(8-13)2-3-10-4-6-11(12)7-5-10/h4-7,9,13H,2-3,8H2,1H3. The monoisotopic (exact) mass is 242 g/mol. The molecule has 72 valence electrons. The fourth-order valence-corrected chi connectivity index (χ4v) is 1.42. The van der Waals surface area contributed by atoms with Crippen LogP contribution in [0.5, 0.6) is 0 Å². The summed E-state index contributed by atoms with van der Waals surface area (Å²) in [5.41, 5.74) is 1.34. The third kappa shape index (κ3) is 3.92. The summed E-state index contributed by atoms with van der Waals surface area (Å²) in [7, 11) is 0. The number of benzene rings is 1. The van der Waals surface area contributed by atoms with Crippen LogP contribution in [0, 0.1) is 5.92 Å². The molecule has 1 aromatic rings. The van der Waals surface area contributed by atoms with Crippen LogP contribution in [0.2, 0.25) is 0 Å². The number of aliphatic hydroxyl groups is 1. The van der Waals surface area contributed by atoms with Crippen LogP contribution < -0.4 is 0 Å². The minimum Gasteiger partial charge on any atom is -0.396 e. The number of hydrogen-bond donors (Lipinski definition) is 1. The van der Waals surface area contributed by atoms with Gasteiger partial charge in [-0.15, -0.1) is 0 Å². The van der Waals surface area contributed by atoms with Crippen molar-refractivity contribution < 1.29 is 5.11 Å². The lowest BCUT2D eigenvalue weighted by molar-refractivity contribution is 0.230. The number of halogens is 1. The fourth-order valence-electron chi connectivity index (χ4n) is 1.16. The van der Waals surface area contributed by atoms with Gasteiger partial charge in [0.2, 0.25) is 0 Å². The fraction of sp³-hybridized carbons (Fsp3) is 0.455. The van der Waals surface area contributed by atoms with Crippen molar-refractivity contribution in [1.29, 1.82) is 0 Å². The van der Waals surface area contributed by atoms with Crippen molar-refractivity contribution in [2.45, 2.75) is 19.8 Å². The maximum absolute atomic E-state index is 8.85. The van der Waals surface area contributed by atoms with E-state index < -0.39 is 0 Å². The average Bonchev–Trinajstić information content (AvgIpc) is 2.16. The van der Waals surface area contributed by atoms with Gasteiger partial charge in [0.25, 0.3) is 0 Å². The average molecular weight is 243 g/mol. The van der Waals surface area contributed by atoms with Crippen LogP contribution in [0.25, 0.3) is 0 Å². The molecule has 0 saturated carbocycles. The summed E-state index contributed by atoms with van der Waals surface area (Å²) in [4.78, 5) is 0. The van der Waals surface area contributed by atoms with E-state index in [1.807, 2.05) is 0 Å². The lowest BCUT2D eigenvalue weighted by Crippen LogP contribution is -2.01. The van der Waals surface area contributed by atoms with Crippen molar-refractivity contribution >= 4 is 15.9 Å². The Balaban J connectivity index is 2.41. The Morgan fingerprint density at radius 3 is 2.46 bits per heavy atom. The second-order valence-corrected chi connectivity index (χ2v) is 4.37. The van der Waals surface area contributed by atoms with E-state index in [-0.39, 0.29) is 6.61 Å². The lowest BCUT2D eigenvalue weighted by Gasteiger charge is -2.06. The molecule has 0 aliphatic carbocycles. The van der Waals surface area contributed by atoms with Crippen LogP contribution >= 0.6 is 15.9 Å². The van der Waals surface area contributed by atoms with E-state index in [2.05, 4.69) is 47.1 Å². The van der Waals surface area contributed by atoms with Gasteiger partial charge in [0.1, 0.15) is 0 Å². The van der Waals surface area contributed by atoms with Crippen LogP contribution in [0.3, 0.4) is 0 Å². The molecule has 0 spiro atoms. The quantitative estimate of drug-likeness (QED) is 0.861. The molecule has 13 heavy (non-hydrogen) atoms. The van der Waals surface area contributed by atoms with Crippen LogP contribution in [-0.2, 0) is 6.42 Å². The van der Waals surface area contributed by atoms with Crippen molar-refractivity contribution in [3.8, 4) is 0 Å². The van der Waals surface area contributed by atoms with Crippen molar-refractivity contribution in [3.63, 3.8) is 0 Å². The third-order valence-corrected chi connectivity index (χ3v) is 2.68. The summed E-state index contributed by atoms with van der Waals surface area (Å²) < 4.78 is 1.12. The maximum atomic E-state index is 8.85. The van der Waals surface area contributed by atoms with Gasteiger partial charge in [0, 0.05) is 11.1 Å². The molecule has 1 nitrogen and oxygen atoms in total. The summed E-state index contributed by atoms with van der Waals surface area (Å²) >= 11 is 3.40. The molecule has 1 N–H and O–H groups in total. The molecule has 0 heterocycles. The van der Waals surface area contributed by atoms with Gasteiger partial charge in [0.05, 0.1) is 0 Å². The van der Waals surface area contributed by atoms with Gasteiger partial charge in [-0.05, 0) is 36.5 Å². The van der Waals surface area contributed by atoms with E-state index in [9.17, 15) is 0 Å². The minimum absolute atomic E-state index is 0.288. The van der Waals surface area contributed by atoms with Crippen molar-refractivity contribution in [2.24, 2.45) is 5.92 Å². The highest BCUT2D eigenvalue weighted by molar-refractivity contribution is 9.10. The summed E-state index contributed by atoms with van der Waals surface area (Å²) in [5, 5.41) is 8.85. The highest BCUT2D eigenvalue weighted by atomic mass is 79.9. The second-order valence-electron chi connectivity index (χ2n) is 3.45. The first-order valence-electron chi connectivity index (χ1n) is 4.57. The zero-order chi connectivity index (χ0) is 9.68. The Morgan fingerprint density at radius 1 is 1.31 bits per heavy atom. The molecule has 1 aromatic carbocycles. The normalized spacial score (nSPS) is 12.8. The van der Waals surface area contributed by atoms with Crippen LogP contribution in [-0.4, -0.2) is 11.7 Å². The van der Waals surface area contributed by atoms with Crippen LogP contribution in [0.1, 0.15) is 18.9 Å². The predicted octanol–water partition coefficient (Wildman–Crippen LogP) is 3.01. The molecule has 1 atom stereocenters. The zero-order valence-corrected chi connectivity index (χ0v) is 9.42. The predicted molar refractivity (Wildman–Crippen MR) is 58.7 cm³/mol. The zero-order valence-electron chi connectivity index (χ0n) is 7.83. The molecule has 2 heteroatoms. The smallest absolute Gasteiger partial charge is 0.0456 e. The van der Waals surface area contributed by atoms with E-state index in [0.717, 1.165) is 17.3 Å². The third-order valence-electron chi connectivity index (χ3n) is 2.15. The van der Waals surface area contributed by atoms with E-state index >= 15 is 0 Å². The van der Waals surface area contributed by atoms with Gasteiger partial charge in [-0.2, -0.15) is 0 Å². The van der Waals surface area contributed by atoms with Crippen molar-refractivity contribution in [3.05, 3.63) is 34.3 Å². The number of aliphatic hydroxyl groups excluding tert-OH is 1. The second kappa shape index (κ2) is 5.40. The lowest BCUT2D eigenvalue weighted by atomic mass is 10.0. The first-order chi connectivity index (χ1) is 6.22. The molecule has 1 unspecified atom stereocenters. The minimum atomic E-state index is 0.288. The van der Waals surface area contributed by atoms with Crippen molar-refractivity contribution in [1.82, 2.24) is 0 Å². The van der Waals surface area contributed by atoms with Gasteiger partial charge in [-0.25, -0.2) is 0 Å². The molecular weight excluding hydrogens is 228 g/mol. The van der Waals surface area contributed by atoms with Gasteiger partial charge < -0.3 is 5.11 Å². The summed E-state index contributed by atoms with van der Waals surface area (Å²) in [6.07, 6.45) is 2.10. The number of hydrogen-bond acceptors (Lipinski definition) is 1. The topological polar surface area (TPSA) is 20.2 Å². The van der Waals surface area contributed by atoms with E-state index in [1.165, 1.54) is 5.56 Å². The van der Waals surface area contributed by atoms with Gasteiger partial charge in [-0.3, -0.25) is 0 Å². The molecule has 0 aromatic heterocycles. The van der Waals surface area contributed by atoms with Crippen LogP contribution in [0.4, 0.5) is 0 Å². The first kappa shape index (κ1) is 10.7. The summed E-state index contributed by atoms with van der Waals surface area (Å²) in [6, 6.07) is 8.35. The summed E-state index contributed by atoms with van der Waals surface area (Å²) in [6.45, 7) is 2.36. The molecule has 0 amide bonds. The Kier molecular flexibility index (Phi) is 4.46. The van der Waals surface area contributed by atoms with E-state index in [0.29, 0.717) is 5.92 Å². The molecule has 0 bridgehead atoms. The van der Waals surface area contributed by atoms with Gasteiger partial charge in [-0.1, -0.05) is 35.0 Å². The van der Waals surface area contributed by atoms with Gasteiger partial charge >= 0.3 is 0 Å². The molecule has 0 radical (unpaired) electrons. The van der Waals surface area contributed by atoms with Crippen LogP contribution in [0.15, 0.2) is 28.7 Å². The molecular formula is C11H15BrO. The Bertz CT molecular complexity index is 243. The SMILES string of the molecule is CC(CO)CCc1ccc(Br)cc1. The molecule has 0 aliphatic rings. The molecule has 0 aliphatic heterocycles. The maximum Gasteiger partial charge on any atom is 0.0456 e. The van der Waals surface area contributed by atoms with Gasteiger partial charge in [0.15, 0.2) is 0 Å². The Labute approximate surface area is 87.9 Å². The van der Waals surface area contributed by atoms with E-state index in [4.69, 9.17) is 5.11 Å². The number of aryl methyl sites for hydroxylation is 1. The first-order valence-corrected chi connectivity index (χ1v) is 5.37. The van der Waals surface area contributed by atoms with Crippen molar-refractivity contribution in [2.75, 3.05) is 6.61 Å². The van der Waals surface area contributed by atoms with E-state index in [1.54, 1.807) is 0 Å². The molecule has 1 rings (SSSR count).